The molecule has 0 unspecified atom stereocenters. The van der Waals surface area contributed by atoms with E-state index in [4.69, 9.17) is 0 Å². The molecule has 210 valence electrons. The number of amides is 2. The third-order valence-electron chi connectivity index (χ3n) is 7.11. The lowest BCUT2D eigenvalue weighted by Crippen LogP contribution is -2.35. The number of carbonyl (C=O) groups is 2. The molecule has 2 heterocycles. The van der Waals surface area contributed by atoms with Gasteiger partial charge in [0.1, 0.15) is 6.04 Å². The molecule has 1 aliphatic carbocycles. The van der Waals surface area contributed by atoms with Crippen LogP contribution < -0.4 is 10.2 Å². The van der Waals surface area contributed by atoms with Gasteiger partial charge < -0.3 is 15.1 Å². The molecule has 1 atom stereocenters. The van der Waals surface area contributed by atoms with Crippen molar-refractivity contribution in [1.82, 2.24) is 14.9 Å². The predicted octanol–water partition coefficient (Wildman–Crippen LogP) is 4.20. The van der Waals surface area contributed by atoms with Crippen molar-refractivity contribution in [3.05, 3.63) is 77.1 Å². The van der Waals surface area contributed by atoms with Crippen LogP contribution in [-0.2, 0) is 38.4 Å². The second kappa shape index (κ2) is 10.2. The summed E-state index contributed by atoms with van der Waals surface area (Å²) in [6.07, 6.45) is 6.01. The second-order valence-corrected chi connectivity index (χ2v) is 12.4. The SMILES string of the molecule is CC(=O)N1Cc2cc(S(C)(=O)=O)ccc2[C@@H]1C(=O)Nc1cnc(N(Cc2ccc(C(C)(F)F)cc2)C2CC2)nc1. The van der Waals surface area contributed by atoms with Gasteiger partial charge in [0.2, 0.25) is 11.9 Å². The molecule has 3 aromatic rings. The molecule has 9 nitrogen and oxygen atoms in total. The molecule has 0 spiro atoms. The first-order chi connectivity index (χ1) is 18.8. The van der Waals surface area contributed by atoms with E-state index in [-0.39, 0.29) is 29.0 Å². The number of nitrogens with one attached hydrogen (secondary N) is 1. The van der Waals surface area contributed by atoms with Crippen LogP contribution >= 0.6 is 0 Å². The first-order valence-corrected chi connectivity index (χ1v) is 14.7. The van der Waals surface area contributed by atoms with Gasteiger partial charge in [-0.3, -0.25) is 9.59 Å². The minimum absolute atomic E-state index is 0.0466. The fourth-order valence-electron chi connectivity index (χ4n) is 4.83. The third-order valence-corrected chi connectivity index (χ3v) is 8.22. The summed E-state index contributed by atoms with van der Waals surface area (Å²) in [4.78, 5) is 38.0. The van der Waals surface area contributed by atoms with Crippen LogP contribution in [-0.4, -0.2) is 47.4 Å². The molecule has 1 N–H and O–H groups in total. The van der Waals surface area contributed by atoms with Crippen molar-refractivity contribution >= 4 is 33.3 Å². The Morgan fingerprint density at radius 3 is 2.30 bits per heavy atom. The summed E-state index contributed by atoms with van der Waals surface area (Å²) in [5, 5.41) is 2.77. The van der Waals surface area contributed by atoms with E-state index in [1.165, 1.54) is 48.5 Å². The highest BCUT2D eigenvalue weighted by molar-refractivity contribution is 7.90. The summed E-state index contributed by atoms with van der Waals surface area (Å²) in [5.41, 5.74) is 2.30. The number of benzene rings is 2. The smallest absolute Gasteiger partial charge is 0.270 e. The number of anilines is 2. The lowest BCUT2D eigenvalue weighted by molar-refractivity contribution is -0.136. The van der Waals surface area contributed by atoms with Gasteiger partial charge in [0.15, 0.2) is 9.84 Å². The zero-order valence-corrected chi connectivity index (χ0v) is 23.1. The Hall–Kier alpha value is -3.93. The normalized spacial score (nSPS) is 16.9. The molecule has 1 saturated carbocycles. The van der Waals surface area contributed by atoms with E-state index in [9.17, 15) is 26.8 Å². The van der Waals surface area contributed by atoms with Gasteiger partial charge in [0.25, 0.3) is 11.8 Å². The summed E-state index contributed by atoms with van der Waals surface area (Å²) in [7, 11) is -3.44. The number of carbonyl (C=O) groups excluding carboxylic acids is 2. The van der Waals surface area contributed by atoms with Crippen molar-refractivity contribution in [3.8, 4) is 0 Å². The summed E-state index contributed by atoms with van der Waals surface area (Å²) >= 11 is 0. The van der Waals surface area contributed by atoms with Crippen molar-refractivity contribution < 1.29 is 26.8 Å². The van der Waals surface area contributed by atoms with E-state index in [1.54, 1.807) is 18.2 Å². The van der Waals surface area contributed by atoms with E-state index in [1.807, 2.05) is 4.90 Å². The van der Waals surface area contributed by atoms with Gasteiger partial charge in [-0.1, -0.05) is 30.3 Å². The van der Waals surface area contributed by atoms with E-state index in [2.05, 4.69) is 15.3 Å². The van der Waals surface area contributed by atoms with Crippen LogP contribution in [0.25, 0.3) is 0 Å². The highest BCUT2D eigenvalue weighted by Crippen LogP contribution is 2.36. The number of nitrogens with zero attached hydrogens (tertiary/aromatic N) is 4. The summed E-state index contributed by atoms with van der Waals surface area (Å²) in [5.74, 6) is -3.24. The second-order valence-electron chi connectivity index (χ2n) is 10.4. The molecular formula is C28H29F2N5O4S. The lowest BCUT2D eigenvalue weighted by atomic mass is 10.0. The number of fused-ring (bicyclic) bond motifs is 1. The molecular weight excluding hydrogens is 540 g/mol. The molecule has 1 aliphatic heterocycles. The molecule has 0 saturated heterocycles. The zero-order valence-electron chi connectivity index (χ0n) is 22.3. The summed E-state index contributed by atoms with van der Waals surface area (Å²) in [6, 6.07) is 10.0. The standard InChI is InChI=1S/C28H29F2N5O4S/c1-17(36)34-16-19-12-23(40(3,38)39)10-11-24(19)25(34)26(37)33-21-13-31-27(32-14-21)35(22-8-9-22)15-18-4-6-20(7-5-18)28(2,29)30/h4-7,10-14,22,25H,8-9,15-16H2,1-3H3,(H,33,37)/t25-/m1/s1. The van der Waals surface area contributed by atoms with Crippen LogP contribution in [0.15, 0.2) is 59.8 Å². The van der Waals surface area contributed by atoms with E-state index < -0.39 is 27.7 Å². The first kappa shape index (κ1) is 27.6. The summed E-state index contributed by atoms with van der Waals surface area (Å²) in [6.45, 7) is 2.79. The van der Waals surface area contributed by atoms with Crippen LogP contribution in [0, 0.1) is 0 Å². The average molecular weight is 570 g/mol. The van der Waals surface area contributed by atoms with Gasteiger partial charge >= 0.3 is 0 Å². The highest BCUT2D eigenvalue weighted by atomic mass is 32.2. The quantitative estimate of drug-likeness (QED) is 0.433. The number of rotatable bonds is 8. The number of hydrogen-bond donors (Lipinski definition) is 1. The van der Waals surface area contributed by atoms with Crippen molar-refractivity contribution in [3.63, 3.8) is 0 Å². The van der Waals surface area contributed by atoms with Crippen LogP contribution in [0.4, 0.5) is 20.4 Å². The Bertz CT molecular complexity index is 1550. The molecule has 5 rings (SSSR count). The number of hydrogen-bond acceptors (Lipinski definition) is 7. The minimum Gasteiger partial charge on any atom is -0.334 e. The monoisotopic (exact) mass is 569 g/mol. The van der Waals surface area contributed by atoms with E-state index >= 15 is 0 Å². The molecule has 0 radical (unpaired) electrons. The molecule has 2 aliphatic rings. The topological polar surface area (TPSA) is 113 Å². The largest absolute Gasteiger partial charge is 0.334 e. The fraction of sp³-hybridized carbons (Fsp3) is 0.357. The van der Waals surface area contributed by atoms with E-state index in [0.717, 1.165) is 31.6 Å². The van der Waals surface area contributed by atoms with Gasteiger partial charge in [-0.2, -0.15) is 0 Å². The Kier molecular flexibility index (Phi) is 7.07. The van der Waals surface area contributed by atoms with Crippen LogP contribution in [0.3, 0.4) is 0 Å². The number of sulfone groups is 1. The van der Waals surface area contributed by atoms with Gasteiger partial charge in [-0.05, 0) is 41.7 Å². The molecule has 12 heteroatoms. The maximum Gasteiger partial charge on any atom is 0.270 e. The maximum atomic E-state index is 13.6. The maximum absolute atomic E-state index is 13.6. The summed E-state index contributed by atoms with van der Waals surface area (Å²) < 4.78 is 51.1. The highest BCUT2D eigenvalue weighted by Gasteiger charge is 2.38. The van der Waals surface area contributed by atoms with Crippen molar-refractivity contribution in [1.29, 1.82) is 0 Å². The fourth-order valence-corrected chi connectivity index (χ4v) is 5.50. The van der Waals surface area contributed by atoms with Crippen LogP contribution in [0.5, 0.6) is 0 Å². The third kappa shape index (κ3) is 5.81. The Morgan fingerprint density at radius 2 is 1.75 bits per heavy atom. The van der Waals surface area contributed by atoms with Gasteiger partial charge in [-0.15, -0.1) is 0 Å². The van der Waals surface area contributed by atoms with Crippen LogP contribution in [0.2, 0.25) is 0 Å². The number of alkyl halides is 2. The minimum atomic E-state index is -3.44. The van der Waals surface area contributed by atoms with Crippen molar-refractivity contribution in [2.75, 3.05) is 16.5 Å². The number of aromatic nitrogens is 2. The lowest BCUT2D eigenvalue weighted by Gasteiger charge is -2.24. The molecule has 0 bridgehead atoms. The Labute approximate surface area is 231 Å². The van der Waals surface area contributed by atoms with E-state index in [0.29, 0.717) is 29.3 Å². The predicted molar refractivity (Wildman–Crippen MR) is 144 cm³/mol. The average Bonchev–Trinajstić information content (AvgIpc) is 3.65. The van der Waals surface area contributed by atoms with Crippen molar-refractivity contribution in [2.24, 2.45) is 0 Å². The number of halogens is 2. The van der Waals surface area contributed by atoms with Crippen molar-refractivity contribution in [2.45, 2.75) is 62.7 Å². The molecule has 2 aromatic carbocycles. The Morgan fingerprint density at radius 1 is 1.10 bits per heavy atom. The van der Waals surface area contributed by atoms with Gasteiger partial charge in [0.05, 0.1) is 23.0 Å². The molecule has 2 amide bonds. The first-order valence-electron chi connectivity index (χ1n) is 12.8. The van der Waals surface area contributed by atoms with Gasteiger partial charge in [-0.25, -0.2) is 27.2 Å². The van der Waals surface area contributed by atoms with Crippen LogP contribution in [0.1, 0.15) is 55.0 Å². The zero-order chi connectivity index (χ0) is 28.8. The molecule has 1 aromatic heterocycles. The Balaban J connectivity index is 1.32. The molecule has 1 fully saturated rings. The van der Waals surface area contributed by atoms with Gasteiger partial charge in [0, 0.05) is 44.8 Å². The molecule has 40 heavy (non-hydrogen) atoms.